The van der Waals surface area contributed by atoms with Crippen molar-refractivity contribution in [2.45, 2.75) is 12.6 Å². The van der Waals surface area contributed by atoms with Crippen molar-refractivity contribution in [3.63, 3.8) is 0 Å². The normalized spacial score (nSPS) is 15.6. The number of fused-ring (bicyclic) bond motifs is 1. The Balaban J connectivity index is 1.75. The highest BCUT2D eigenvalue weighted by atomic mass is 79.9. The minimum atomic E-state index is -0.0871. The molecule has 0 bridgehead atoms. The van der Waals surface area contributed by atoms with E-state index in [-0.39, 0.29) is 6.04 Å². The number of benzene rings is 2. The van der Waals surface area contributed by atoms with Gasteiger partial charge in [0.15, 0.2) is 5.11 Å². The zero-order valence-corrected chi connectivity index (χ0v) is 18.7. The number of hydrogen-bond donors (Lipinski definition) is 1. The third kappa shape index (κ3) is 3.97. The first-order valence-electron chi connectivity index (χ1n) is 9.31. The monoisotopic (exact) mass is 471 g/mol. The van der Waals surface area contributed by atoms with E-state index in [2.05, 4.69) is 49.0 Å². The molecule has 1 unspecified atom stereocenters. The lowest BCUT2D eigenvalue weighted by atomic mass is 9.99. The SMILES string of the molecule is COc1ccc(OC)c(C2c3cccn3CCN2C(=S)Nc2cccc(Br)c2)c1. The van der Waals surface area contributed by atoms with Gasteiger partial charge in [-0.2, -0.15) is 0 Å². The molecule has 3 aromatic rings. The summed E-state index contributed by atoms with van der Waals surface area (Å²) < 4.78 is 14.4. The number of ether oxygens (including phenoxy) is 2. The van der Waals surface area contributed by atoms with Gasteiger partial charge in [0.1, 0.15) is 17.5 Å². The van der Waals surface area contributed by atoms with E-state index in [0.29, 0.717) is 5.11 Å². The van der Waals surface area contributed by atoms with Gasteiger partial charge >= 0.3 is 0 Å². The minimum Gasteiger partial charge on any atom is -0.497 e. The summed E-state index contributed by atoms with van der Waals surface area (Å²) in [4.78, 5) is 2.21. The Bertz CT molecular complexity index is 1040. The van der Waals surface area contributed by atoms with Crippen molar-refractivity contribution in [1.82, 2.24) is 9.47 Å². The molecule has 0 radical (unpaired) electrons. The van der Waals surface area contributed by atoms with E-state index >= 15 is 0 Å². The van der Waals surface area contributed by atoms with Gasteiger partial charge in [-0.15, -0.1) is 0 Å². The molecular weight excluding hydrogens is 450 g/mol. The molecule has 2 aromatic carbocycles. The second-order valence-electron chi connectivity index (χ2n) is 6.77. The van der Waals surface area contributed by atoms with Crippen molar-refractivity contribution >= 4 is 38.9 Å². The standard InChI is InChI=1S/C22H22BrN3O2S/c1-27-17-8-9-20(28-2)18(14-17)21-19-7-4-10-25(19)11-12-26(21)22(29)24-16-6-3-5-15(23)13-16/h3-10,13-14,21H,11-12H2,1-2H3,(H,24,29). The molecular formula is C22H22BrN3O2S. The van der Waals surface area contributed by atoms with Crippen LogP contribution < -0.4 is 14.8 Å². The quantitative estimate of drug-likeness (QED) is 0.537. The van der Waals surface area contributed by atoms with E-state index in [1.54, 1.807) is 14.2 Å². The molecule has 0 saturated carbocycles. The second kappa shape index (κ2) is 8.47. The van der Waals surface area contributed by atoms with Crippen LogP contribution in [0, 0.1) is 0 Å². The lowest BCUT2D eigenvalue weighted by Gasteiger charge is -2.39. The lowest BCUT2D eigenvalue weighted by molar-refractivity contribution is 0.284. The summed E-state index contributed by atoms with van der Waals surface area (Å²) in [6.07, 6.45) is 2.11. The summed E-state index contributed by atoms with van der Waals surface area (Å²) in [5.74, 6) is 1.59. The van der Waals surface area contributed by atoms with Crippen molar-refractivity contribution in [3.8, 4) is 11.5 Å². The molecule has 0 saturated heterocycles. The third-order valence-electron chi connectivity index (χ3n) is 5.11. The molecule has 5 nitrogen and oxygen atoms in total. The molecule has 0 aliphatic carbocycles. The summed E-state index contributed by atoms with van der Waals surface area (Å²) in [6.45, 7) is 1.65. The number of anilines is 1. The van der Waals surface area contributed by atoms with Crippen LogP contribution in [0.4, 0.5) is 5.69 Å². The molecule has 150 valence electrons. The Labute approximate surface area is 184 Å². The molecule has 2 heterocycles. The topological polar surface area (TPSA) is 38.7 Å². The van der Waals surface area contributed by atoms with Crippen LogP contribution in [0.2, 0.25) is 0 Å². The summed E-state index contributed by atoms with van der Waals surface area (Å²) in [5.41, 5.74) is 3.13. The van der Waals surface area contributed by atoms with Crippen molar-refractivity contribution in [2.75, 3.05) is 26.1 Å². The summed E-state index contributed by atoms with van der Waals surface area (Å²) >= 11 is 9.36. The molecule has 0 spiro atoms. The van der Waals surface area contributed by atoms with Gasteiger partial charge in [0.05, 0.1) is 14.2 Å². The van der Waals surface area contributed by atoms with Gasteiger partial charge in [0, 0.05) is 40.7 Å². The first kappa shape index (κ1) is 19.8. The average molecular weight is 472 g/mol. The zero-order chi connectivity index (χ0) is 20.4. The Kier molecular flexibility index (Phi) is 5.78. The van der Waals surface area contributed by atoms with Crippen molar-refractivity contribution in [1.29, 1.82) is 0 Å². The lowest BCUT2D eigenvalue weighted by Crippen LogP contribution is -2.44. The largest absolute Gasteiger partial charge is 0.497 e. The Morgan fingerprint density at radius 1 is 1.07 bits per heavy atom. The van der Waals surface area contributed by atoms with Crippen LogP contribution >= 0.6 is 28.1 Å². The van der Waals surface area contributed by atoms with Gasteiger partial charge in [0.25, 0.3) is 0 Å². The van der Waals surface area contributed by atoms with Gasteiger partial charge in [0.2, 0.25) is 0 Å². The molecule has 1 aromatic heterocycles. The van der Waals surface area contributed by atoms with E-state index in [9.17, 15) is 0 Å². The fraction of sp³-hybridized carbons (Fsp3) is 0.227. The maximum absolute atomic E-state index is 5.84. The highest BCUT2D eigenvalue weighted by molar-refractivity contribution is 9.10. The molecule has 1 aliphatic rings. The second-order valence-corrected chi connectivity index (χ2v) is 8.07. The van der Waals surface area contributed by atoms with Crippen LogP contribution in [-0.2, 0) is 6.54 Å². The number of nitrogens with zero attached hydrogens (tertiary/aromatic N) is 2. The molecule has 0 amide bonds. The summed E-state index contributed by atoms with van der Waals surface area (Å²) in [6, 6.07) is 18.0. The predicted molar refractivity (Wildman–Crippen MR) is 123 cm³/mol. The van der Waals surface area contributed by atoms with Crippen LogP contribution in [0.1, 0.15) is 17.3 Å². The number of rotatable bonds is 4. The van der Waals surface area contributed by atoms with Gasteiger partial charge < -0.3 is 24.3 Å². The van der Waals surface area contributed by atoms with Gasteiger partial charge in [-0.05, 0) is 60.7 Å². The van der Waals surface area contributed by atoms with Crippen molar-refractivity contribution in [3.05, 3.63) is 76.5 Å². The van der Waals surface area contributed by atoms with Crippen LogP contribution in [-0.4, -0.2) is 35.3 Å². The Hall–Kier alpha value is -2.51. The van der Waals surface area contributed by atoms with Gasteiger partial charge in [-0.3, -0.25) is 0 Å². The number of aromatic nitrogens is 1. The molecule has 1 aliphatic heterocycles. The van der Waals surface area contributed by atoms with Crippen molar-refractivity contribution < 1.29 is 9.47 Å². The van der Waals surface area contributed by atoms with E-state index in [1.165, 1.54) is 5.69 Å². The molecule has 29 heavy (non-hydrogen) atoms. The van der Waals surface area contributed by atoms with E-state index in [4.69, 9.17) is 21.7 Å². The minimum absolute atomic E-state index is 0.0871. The molecule has 0 fully saturated rings. The van der Waals surface area contributed by atoms with Crippen LogP contribution in [0.3, 0.4) is 0 Å². The molecule has 4 rings (SSSR count). The molecule has 1 atom stereocenters. The fourth-order valence-corrected chi connectivity index (χ4v) is 4.46. The van der Waals surface area contributed by atoms with Crippen LogP contribution in [0.5, 0.6) is 11.5 Å². The third-order valence-corrected chi connectivity index (χ3v) is 5.94. The van der Waals surface area contributed by atoms with E-state index in [0.717, 1.165) is 40.3 Å². The van der Waals surface area contributed by atoms with Crippen LogP contribution in [0.25, 0.3) is 0 Å². The highest BCUT2D eigenvalue weighted by Gasteiger charge is 2.33. The number of thiocarbonyl (C=S) groups is 1. The molecule has 7 heteroatoms. The smallest absolute Gasteiger partial charge is 0.174 e. The zero-order valence-electron chi connectivity index (χ0n) is 16.3. The highest BCUT2D eigenvalue weighted by Crippen LogP contribution is 2.39. The summed E-state index contributed by atoms with van der Waals surface area (Å²) in [5, 5.41) is 4.06. The first-order valence-corrected chi connectivity index (χ1v) is 10.5. The fourth-order valence-electron chi connectivity index (χ4n) is 3.74. The Morgan fingerprint density at radius 2 is 1.93 bits per heavy atom. The molecule has 1 N–H and O–H groups in total. The number of halogens is 1. The Morgan fingerprint density at radius 3 is 2.69 bits per heavy atom. The first-order chi connectivity index (χ1) is 14.1. The van der Waals surface area contributed by atoms with E-state index < -0.39 is 0 Å². The average Bonchev–Trinajstić information content (AvgIpc) is 3.21. The van der Waals surface area contributed by atoms with Gasteiger partial charge in [-0.1, -0.05) is 22.0 Å². The van der Waals surface area contributed by atoms with Crippen molar-refractivity contribution in [2.24, 2.45) is 0 Å². The number of hydrogen-bond acceptors (Lipinski definition) is 3. The van der Waals surface area contributed by atoms with E-state index in [1.807, 2.05) is 42.5 Å². The van der Waals surface area contributed by atoms with Crippen LogP contribution in [0.15, 0.2) is 65.3 Å². The maximum Gasteiger partial charge on any atom is 0.174 e. The number of nitrogens with one attached hydrogen (secondary N) is 1. The maximum atomic E-state index is 5.84. The van der Waals surface area contributed by atoms with Gasteiger partial charge in [-0.25, -0.2) is 0 Å². The summed E-state index contributed by atoms with van der Waals surface area (Å²) in [7, 11) is 3.36. The number of methoxy groups -OCH3 is 2. The predicted octanol–water partition coefficient (Wildman–Crippen LogP) is 5.07.